The van der Waals surface area contributed by atoms with Gasteiger partial charge < -0.3 is 4.74 Å². The van der Waals surface area contributed by atoms with E-state index in [9.17, 15) is 9.59 Å². The van der Waals surface area contributed by atoms with E-state index in [1.54, 1.807) is 0 Å². The van der Waals surface area contributed by atoms with E-state index in [-0.39, 0.29) is 23.4 Å². The third kappa shape index (κ3) is 2.30. The SMILES string of the molecule is CC(=O)O[C@@H]1CC[C@@]2(C)C(=CC(=O)[C@@H]3[C@H]4CCC[C@]4(C)CC[C@H]32)C1. The smallest absolute Gasteiger partial charge is 0.302 e. The molecule has 132 valence electrons. The number of ketones is 1. The van der Waals surface area contributed by atoms with E-state index in [0.29, 0.717) is 23.0 Å². The summed E-state index contributed by atoms with van der Waals surface area (Å²) in [6.07, 6.45) is 11.0. The second-order valence-electron chi connectivity index (χ2n) is 9.29. The summed E-state index contributed by atoms with van der Waals surface area (Å²) in [7, 11) is 0. The van der Waals surface area contributed by atoms with E-state index in [2.05, 4.69) is 13.8 Å². The monoisotopic (exact) mass is 330 g/mol. The Hall–Kier alpha value is -1.12. The normalized spacial score (nSPS) is 47.3. The fourth-order valence-electron chi connectivity index (χ4n) is 6.69. The molecule has 6 atom stereocenters. The number of rotatable bonds is 1. The molecule has 0 radical (unpaired) electrons. The summed E-state index contributed by atoms with van der Waals surface area (Å²) in [5.41, 5.74) is 1.79. The van der Waals surface area contributed by atoms with E-state index in [1.807, 2.05) is 6.08 Å². The molecule has 0 aromatic heterocycles. The lowest BCUT2D eigenvalue weighted by atomic mass is 9.48. The Labute approximate surface area is 145 Å². The number of hydrogen-bond acceptors (Lipinski definition) is 3. The molecule has 24 heavy (non-hydrogen) atoms. The van der Waals surface area contributed by atoms with Crippen LogP contribution in [0.5, 0.6) is 0 Å². The quantitative estimate of drug-likeness (QED) is 0.667. The molecule has 4 aliphatic carbocycles. The summed E-state index contributed by atoms with van der Waals surface area (Å²) in [5.74, 6) is 1.49. The van der Waals surface area contributed by atoms with Crippen LogP contribution in [0.2, 0.25) is 0 Å². The van der Waals surface area contributed by atoms with Crippen molar-refractivity contribution in [2.45, 2.75) is 78.2 Å². The maximum atomic E-state index is 13.1. The molecule has 0 unspecified atom stereocenters. The number of hydrogen-bond donors (Lipinski definition) is 0. The number of carbonyl (C=O) groups excluding carboxylic acids is 2. The molecule has 0 spiro atoms. The highest BCUT2D eigenvalue weighted by molar-refractivity contribution is 5.94. The van der Waals surface area contributed by atoms with Crippen molar-refractivity contribution in [2.75, 3.05) is 0 Å². The predicted molar refractivity (Wildman–Crippen MR) is 92.3 cm³/mol. The van der Waals surface area contributed by atoms with Gasteiger partial charge in [0.05, 0.1) is 0 Å². The molecule has 0 amide bonds. The molecular weight excluding hydrogens is 300 g/mol. The zero-order chi connectivity index (χ0) is 17.1. The molecule has 0 aliphatic heterocycles. The Balaban J connectivity index is 1.65. The van der Waals surface area contributed by atoms with Crippen molar-refractivity contribution in [3.8, 4) is 0 Å². The van der Waals surface area contributed by atoms with Crippen molar-refractivity contribution in [1.82, 2.24) is 0 Å². The summed E-state index contributed by atoms with van der Waals surface area (Å²) >= 11 is 0. The van der Waals surface area contributed by atoms with Gasteiger partial charge in [-0.05, 0) is 67.3 Å². The second kappa shape index (κ2) is 5.44. The van der Waals surface area contributed by atoms with Crippen LogP contribution < -0.4 is 0 Å². The number of fused-ring (bicyclic) bond motifs is 5. The minimum atomic E-state index is -0.205. The van der Waals surface area contributed by atoms with Gasteiger partial charge in [0.25, 0.3) is 0 Å². The summed E-state index contributed by atoms with van der Waals surface area (Å²) in [4.78, 5) is 24.4. The topological polar surface area (TPSA) is 43.4 Å². The Morgan fingerprint density at radius 1 is 1.12 bits per heavy atom. The first-order valence-corrected chi connectivity index (χ1v) is 9.76. The van der Waals surface area contributed by atoms with E-state index < -0.39 is 0 Å². The highest BCUT2D eigenvalue weighted by atomic mass is 16.5. The molecular formula is C21H30O3. The van der Waals surface area contributed by atoms with Gasteiger partial charge in [0.1, 0.15) is 6.10 Å². The Kier molecular flexibility index (Phi) is 3.71. The largest absolute Gasteiger partial charge is 0.462 e. The molecule has 3 nitrogen and oxygen atoms in total. The van der Waals surface area contributed by atoms with Crippen molar-refractivity contribution < 1.29 is 14.3 Å². The van der Waals surface area contributed by atoms with Gasteiger partial charge in [0, 0.05) is 19.3 Å². The lowest BCUT2D eigenvalue weighted by Gasteiger charge is -2.56. The molecule has 3 saturated carbocycles. The summed E-state index contributed by atoms with van der Waals surface area (Å²) < 4.78 is 5.45. The van der Waals surface area contributed by atoms with E-state index in [0.717, 1.165) is 19.3 Å². The third-order valence-electron chi connectivity index (χ3n) is 8.01. The van der Waals surface area contributed by atoms with Crippen molar-refractivity contribution in [3.05, 3.63) is 11.6 Å². The first-order chi connectivity index (χ1) is 11.3. The maximum Gasteiger partial charge on any atom is 0.302 e. The van der Waals surface area contributed by atoms with Crippen LogP contribution in [-0.2, 0) is 14.3 Å². The lowest BCUT2D eigenvalue weighted by molar-refractivity contribution is -0.149. The Morgan fingerprint density at radius 2 is 1.92 bits per heavy atom. The van der Waals surface area contributed by atoms with Crippen LogP contribution in [0.3, 0.4) is 0 Å². The summed E-state index contributed by atoms with van der Waals surface area (Å²) in [6, 6.07) is 0. The van der Waals surface area contributed by atoms with Gasteiger partial charge in [0.2, 0.25) is 0 Å². The van der Waals surface area contributed by atoms with Crippen molar-refractivity contribution in [3.63, 3.8) is 0 Å². The Morgan fingerprint density at radius 3 is 2.67 bits per heavy atom. The summed E-state index contributed by atoms with van der Waals surface area (Å²) in [5, 5.41) is 0. The van der Waals surface area contributed by atoms with Gasteiger partial charge in [-0.2, -0.15) is 0 Å². The fourth-order valence-corrected chi connectivity index (χ4v) is 6.69. The van der Waals surface area contributed by atoms with Gasteiger partial charge in [-0.1, -0.05) is 25.8 Å². The van der Waals surface area contributed by atoms with Crippen LogP contribution in [0.4, 0.5) is 0 Å². The van der Waals surface area contributed by atoms with E-state index >= 15 is 0 Å². The lowest BCUT2D eigenvalue weighted by Crippen LogP contribution is -2.52. The van der Waals surface area contributed by atoms with Crippen LogP contribution in [0, 0.1) is 28.6 Å². The predicted octanol–water partition coefficient (Wildman–Crippen LogP) is 4.45. The van der Waals surface area contributed by atoms with Crippen LogP contribution >= 0.6 is 0 Å². The van der Waals surface area contributed by atoms with Crippen LogP contribution in [-0.4, -0.2) is 17.9 Å². The van der Waals surface area contributed by atoms with Gasteiger partial charge in [-0.3, -0.25) is 9.59 Å². The van der Waals surface area contributed by atoms with Gasteiger partial charge in [-0.15, -0.1) is 0 Å². The van der Waals surface area contributed by atoms with Gasteiger partial charge in [0.15, 0.2) is 5.78 Å². The van der Waals surface area contributed by atoms with E-state index in [1.165, 1.54) is 44.6 Å². The number of ether oxygens (including phenoxy) is 1. The first-order valence-electron chi connectivity index (χ1n) is 9.76. The molecule has 4 rings (SSSR count). The van der Waals surface area contributed by atoms with Crippen molar-refractivity contribution >= 4 is 11.8 Å². The molecule has 4 aliphatic rings. The van der Waals surface area contributed by atoms with Crippen molar-refractivity contribution in [1.29, 1.82) is 0 Å². The van der Waals surface area contributed by atoms with Crippen LogP contribution in [0.15, 0.2) is 11.6 Å². The molecule has 0 bridgehead atoms. The molecule has 0 heterocycles. The minimum Gasteiger partial charge on any atom is -0.462 e. The average molecular weight is 330 g/mol. The van der Waals surface area contributed by atoms with E-state index in [4.69, 9.17) is 4.74 Å². The number of carbonyl (C=O) groups is 2. The first kappa shape index (κ1) is 16.4. The molecule has 0 N–H and O–H groups in total. The van der Waals surface area contributed by atoms with Crippen LogP contribution in [0.1, 0.15) is 72.1 Å². The summed E-state index contributed by atoms with van der Waals surface area (Å²) in [6.45, 7) is 6.28. The van der Waals surface area contributed by atoms with Crippen LogP contribution in [0.25, 0.3) is 0 Å². The van der Waals surface area contributed by atoms with Gasteiger partial charge >= 0.3 is 5.97 Å². The number of esters is 1. The molecule has 3 heteroatoms. The maximum absolute atomic E-state index is 13.1. The molecule has 0 aromatic rings. The standard InChI is InChI=1S/C21H30O3/c1-13(22)24-15-6-10-21(3)14(11-15)12-18(23)19-16-5-4-8-20(16,2)9-7-17(19)21/h12,15-17,19H,4-11H2,1-3H3/t15-,16-,17-,19-,20-,21+/m1/s1. The highest BCUT2D eigenvalue weighted by Crippen LogP contribution is 2.64. The zero-order valence-corrected chi connectivity index (χ0v) is 15.3. The van der Waals surface area contributed by atoms with Gasteiger partial charge in [-0.25, -0.2) is 0 Å². The second-order valence-corrected chi connectivity index (χ2v) is 9.29. The van der Waals surface area contributed by atoms with Crippen molar-refractivity contribution in [2.24, 2.45) is 28.6 Å². The third-order valence-corrected chi connectivity index (χ3v) is 8.01. The molecule has 0 saturated heterocycles. The Bertz CT molecular complexity index is 606. The zero-order valence-electron chi connectivity index (χ0n) is 15.3. The molecule has 3 fully saturated rings. The number of allylic oxidation sites excluding steroid dienone is 1. The highest BCUT2D eigenvalue weighted by Gasteiger charge is 2.58. The minimum absolute atomic E-state index is 0.0356. The fraction of sp³-hybridized carbons (Fsp3) is 0.810. The molecule has 0 aromatic carbocycles. The average Bonchev–Trinajstić information content (AvgIpc) is 2.90.